The number of aromatic nitrogens is 2. The van der Waals surface area contributed by atoms with Crippen LogP contribution in [0, 0.1) is 6.92 Å². The zero-order chi connectivity index (χ0) is 15.2. The van der Waals surface area contributed by atoms with Gasteiger partial charge in [-0.3, -0.25) is 4.40 Å². The van der Waals surface area contributed by atoms with Crippen LogP contribution < -0.4 is 5.73 Å². The van der Waals surface area contributed by atoms with E-state index in [1.165, 1.54) is 12.1 Å². The summed E-state index contributed by atoms with van der Waals surface area (Å²) < 4.78 is 39.5. The van der Waals surface area contributed by atoms with Crippen molar-refractivity contribution in [3.05, 3.63) is 53.7 Å². The Morgan fingerprint density at radius 1 is 1.10 bits per heavy atom. The van der Waals surface area contributed by atoms with Crippen molar-refractivity contribution in [3.8, 4) is 11.3 Å². The van der Waals surface area contributed by atoms with Gasteiger partial charge < -0.3 is 5.73 Å². The molecular formula is C15H12F3N3. The largest absolute Gasteiger partial charge is 0.416 e. The quantitative estimate of drug-likeness (QED) is 0.738. The van der Waals surface area contributed by atoms with Gasteiger partial charge in [-0.15, -0.1) is 0 Å². The highest BCUT2D eigenvalue weighted by atomic mass is 19.4. The normalized spacial score (nSPS) is 12.0. The fourth-order valence-electron chi connectivity index (χ4n) is 2.25. The van der Waals surface area contributed by atoms with Crippen LogP contribution in [-0.4, -0.2) is 9.38 Å². The third-order valence-corrected chi connectivity index (χ3v) is 3.37. The molecule has 0 aliphatic carbocycles. The number of benzene rings is 1. The van der Waals surface area contributed by atoms with Crippen LogP contribution in [0.1, 0.15) is 11.1 Å². The lowest BCUT2D eigenvalue weighted by atomic mass is 10.1. The molecule has 21 heavy (non-hydrogen) atoms. The van der Waals surface area contributed by atoms with Gasteiger partial charge in [-0.05, 0) is 30.7 Å². The Morgan fingerprint density at radius 3 is 2.33 bits per heavy atom. The van der Waals surface area contributed by atoms with Gasteiger partial charge in [0, 0.05) is 11.8 Å². The molecular weight excluding hydrogens is 279 g/mol. The second-order valence-electron chi connectivity index (χ2n) is 4.81. The van der Waals surface area contributed by atoms with Gasteiger partial charge >= 0.3 is 6.18 Å². The zero-order valence-corrected chi connectivity index (χ0v) is 11.1. The van der Waals surface area contributed by atoms with Gasteiger partial charge in [0.2, 0.25) is 0 Å². The van der Waals surface area contributed by atoms with Crippen molar-refractivity contribution in [2.45, 2.75) is 13.1 Å². The van der Waals surface area contributed by atoms with Crippen molar-refractivity contribution in [3.63, 3.8) is 0 Å². The number of halogens is 3. The van der Waals surface area contributed by atoms with Crippen LogP contribution in [0.2, 0.25) is 0 Å². The number of alkyl halides is 3. The first-order chi connectivity index (χ1) is 9.88. The van der Waals surface area contributed by atoms with E-state index in [4.69, 9.17) is 5.73 Å². The number of pyridine rings is 1. The standard InChI is InChI=1S/C15H12F3N3/c1-9-3-2-8-21-13(19)12(20-14(9)21)10-4-6-11(7-5-10)15(16,17)18/h2-8H,19H2,1H3. The molecule has 2 N–H and O–H groups in total. The number of nitrogens with two attached hydrogens (primary N) is 1. The number of nitrogen functional groups attached to an aromatic ring is 1. The number of imidazole rings is 1. The predicted molar refractivity (Wildman–Crippen MR) is 74.8 cm³/mol. The Kier molecular flexibility index (Phi) is 2.90. The number of aryl methyl sites for hydroxylation is 1. The van der Waals surface area contributed by atoms with Crippen LogP contribution in [0.5, 0.6) is 0 Å². The van der Waals surface area contributed by atoms with Gasteiger partial charge in [0.25, 0.3) is 0 Å². The molecule has 0 saturated heterocycles. The molecule has 2 aromatic heterocycles. The van der Waals surface area contributed by atoms with Crippen molar-refractivity contribution in [1.29, 1.82) is 0 Å². The van der Waals surface area contributed by atoms with Crippen molar-refractivity contribution in [2.24, 2.45) is 0 Å². The monoisotopic (exact) mass is 291 g/mol. The number of hydrogen-bond acceptors (Lipinski definition) is 2. The maximum atomic E-state index is 12.6. The van der Waals surface area contributed by atoms with E-state index in [-0.39, 0.29) is 0 Å². The SMILES string of the molecule is Cc1cccn2c(N)c(-c3ccc(C(F)(F)F)cc3)nc12. The van der Waals surface area contributed by atoms with Crippen LogP contribution in [0.3, 0.4) is 0 Å². The van der Waals surface area contributed by atoms with Crippen molar-refractivity contribution in [2.75, 3.05) is 5.73 Å². The number of anilines is 1. The first-order valence-electron chi connectivity index (χ1n) is 6.28. The van der Waals surface area contributed by atoms with Crippen LogP contribution >= 0.6 is 0 Å². The molecule has 0 unspecified atom stereocenters. The molecule has 1 aromatic carbocycles. The van der Waals surface area contributed by atoms with Gasteiger partial charge in [0.1, 0.15) is 17.2 Å². The molecule has 0 saturated carbocycles. The van der Waals surface area contributed by atoms with E-state index in [2.05, 4.69) is 4.98 Å². The van der Waals surface area contributed by atoms with Crippen molar-refractivity contribution >= 4 is 11.5 Å². The highest BCUT2D eigenvalue weighted by molar-refractivity contribution is 5.76. The fraction of sp³-hybridized carbons (Fsp3) is 0.133. The molecule has 3 rings (SSSR count). The zero-order valence-electron chi connectivity index (χ0n) is 11.1. The Labute approximate surface area is 118 Å². The summed E-state index contributed by atoms with van der Waals surface area (Å²) in [5, 5.41) is 0. The number of fused-ring (bicyclic) bond motifs is 1. The molecule has 0 bridgehead atoms. The van der Waals surface area contributed by atoms with Crippen molar-refractivity contribution < 1.29 is 13.2 Å². The lowest BCUT2D eigenvalue weighted by Crippen LogP contribution is -2.04. The fourth-order valence-corrected chi connectivity index (χ4v) is 2.25. The Balaban J connectivity index is 2.13. The number of hydrogen-bond donors (Lipinski definition) is 1. The summed E-state index contributed by atoms with van der Waals surface area (Å²) in [5.74, 6) is 0.411. The predicted octanol–water partition coefficient (Wildman–Crippen LogP) is 3.91. The minimum Gasteiger partial charge on any atom is -0.383 e. The molecule has 108 valence electrons. The minimum absolute atomic E-state index is 0.411. The van der Waals surface area contributed by atoms with Gasteiger partial charge in [0.05, 0.1) is 5.56 Å². The van der Waals surface area contributed by atoms with E-state index in [0.717, 1.165) is 17.7 Å². The highest BCUT2D eigenvalue weighted by Gasteiger charge is 2.30. The van der Waals surface area contributed by atoms with Crippen LogP contribution in [0.15, 0.2) is 42.6 Å². The molecule has 0 aliphatic heterocycles. The highest BCUT2D eigenvalue weighted by Crippen LogP contribution is 2.32. The summed E-state index contributed by atoms with van der Waals surface area (Å²) in [7, 11) is 0. The lowest BCUT2D eigenvalue weighted by Gasteiger charge is -2.06. The number of rotatable bonds is 1. The molecule has 3 aromatic rings. The second-order valence-corrected chi connectivity index (χ2v) is 4.81. The molecule has 0 spiro atoms. The number of nitrogens with zero attached hydrogens (tertiary/aromatic N) is 2. The van der Waals surface area contributed by atoms with Crippen LogP contribution in [-0.2, 0) is 6.18 Å². The average Bonchev–Trinajstić information content (AvgIpc) is 2.77. The molecule has 0 fully saturated rings. The van der Waals surface area contributed by atoms with Gasteiger partial charge in [-0.2, -0.15) is 13.2 Å². The minimum atomic E-state index is -4.35. The lowest BCUT2D eigenvalue weighted by molar-refractivity contribution is -0.137. The van der Waals surface area contributed by atoms with Crippen LogP contribution in [0.4, 0.5) is 19.0 Å². The third kappa shape index (κ3) is 2.22. The third-order valence-electron chi connectivity index (χ3n) is 3.37. The summed E-state index contributed by atoms with van der Waals surface area (Å²) in [6, 6.07) is 8.58. The maximum absolute atomic E-state index is 12.6. The first kappa shape index (κ1) is 13.5. The molecule has 0 amide bonds. The topological polar surface area (TPSA) is 43.3 Å². The maximum Gasteiger partial charge on any atom is 0.416 e. The Morgan fingerprint density at radius 2 is 1.76 bits per heavy atom. The summed E-state index contributed by atoms with van der Waals surface area (Å²) in [6.07, 6.45) is -2.57. The second kappa shape index (κ2) is 4.51. The van der Waals surface area contributed by atoms with Gasteiger partial charge in [-0.1, -0.05) is 18.2 Å². The van der Waals surface area contributed by atoms with Gasteiger partial charge in [-0.25, -0.2) is 4.98 Å². The molecule has 0 radical (unpaired) electrons. The summed E-state index contributed by atoms with van der Waals surface area (Å²) in [4.78, 5) is 4.43. The van der Waals surface area contributed by atoms with Gasteiger partial charge in [0.15, 0.2) is 0 Å². The Hall–Kier alpha value is -2.50. The average molecular weight is 291 g/mol. The summed E-state index contributed by atoms with van der Waals surface area (Å²) in [6.45, 7) is 1.90. The Bertz CT molecular complexity index is 801. The molecule has 6 heteroatoms. The van der Waals surface area contributed by atoms with E-state index in [0.29, 0.717) is 22.7 Å². The summed E-state index contributed by atoms with van der Waals surface area (Å²) in [5.41, 5.74) is 8.04. The molecule has 0 atom stereocenters. The smallest absolute Gasteiger partial charge is 0.383 e. The first-order valence-corrected chi connectivity index (χ1v) is 6.28. The van der Waals surface area contributed by atoms with E-state index >= 15 is 0 Å². The van der Waals surface area contributed by atoms with E-state index in [1.807, 2.05) is 19.1 Å². The van der Waals surface area contributed by atoms with Crippen LogP contribution in [0.25, 0.3) is 16.9 Å². The van der Waals surface area contributed by atoms with E-state index in [1.54, 1.807) is 10.6 Å². The van der Waals surface area contributed by atoms with E-state index < -0.39 is 11.7 Å². The van der Waals surface area contributed by atoms with E-state index in [9.17, 15) is 13.2 Å². The molecule has 2 heterocycles. The molecule has 3 nitrogen and oxygen atoms in total. The van der Waals surface area contributed by atoms with Crippen molar-refractivity contribution in [1.82, 2.24) is 9.38 Å². The summed E-state index contributed by atoms with van der Waals surface area (Å²) >= 11 is 0. The molecule has 0 aliphatic rings.